The van der Waals surface area contributed by atoms with Gasteiger partial charge in [0.05, 0.1) is 10.6 Å². The summed E-state index contributed by atoms with van der Waals surface area (Å²) in [6.07, 6.45) is -3.40. The lowest BCUT2D eigenvalue weighted by Gasteiger charge is -2.36. The maximum atomic E-state index is 12.9. The van der Waals surface area contributed by atoms with Crippen molar-refractivity contribution < 1.29 is 31.1 Å². The Bertz CT molecular complexity index is 833. The Hall–Kier alpha value is -1.36. The lowest BCUT2D eigenvalue weighted by Crippen LogP contribution is -2.52. The van der Waals surface area contributed by atoms with E-state index in [1.807, 2.05) is 0 Å². The van der Waals surface area contributed by atoms with Gasteiger partial charge >= 0.3 is 6.18 Å². The Labute approximate surface area is 166 Å². The predicted molar refractivity (Wildman–Crippen MR) is 95.3 cm³/mol. The van der Waals surface area contributed by atoms with Crippen LogP contribution in [-0.2, 0) is 25.7 Å². The third kappa shape index (κ3) is 4.45. The molecule has 2 aliphatic rings. The molecule has 2 saturated heterocycles. The van der Waals surface area contributed by atoms with Crippen LogP contribution in [0.3, 0.4) is 0 Å². The van der Waals surface area contributed by atoms with Crippen molar-refractivity contribution in [1.82, 2.24) is 9.21 Å². The van der Waals surface area contributed by atoms with Gasteiger partial charge in [0.15, 0.2) is 0 Å². The van der Waals surface area contributed by atoms with Gasteiger partial charge in [-0.05, 0) is 31.0 Å². The first-order chi connectivity index (χ1) is 13.1. The molecule has 2 aliphatic heterocycles. The van der Waals surface area contributed by atoms with Gasteiger partial charge < -0.3 is 9.64 Å². The van der Waals surface area contributed by atoms with Gasteiger partial charge in [0.25, 0.3) is 0 Å². The smallest absolute Gasteiger partial charge is 0.381 e. The number of benzene rings is 1. The number of piperazine rings is 1. The average molecular weight is 441 g/mol. The summed E-state index contributed by atoms with van der Waals surface area (Å²) in [4.78, 5) is 13.6. The molecule has 0 N–H and O–H groups in total. The Balaban J connectivity index is 1.72. The summed E-state index contributed by atoms with van der Waals surface area (Å²) in [5, 5.41) is -0.270. The van der Waals surface area contributed by atoms with E-state index in [1.54, 1.807) is 4.90 Å². The lowest BCUT2D eigenvalue weighted by atomic mass is 9.98. The normalized spacial score (nSPS) is 20.4. The van der Waals surface area contributed by atoms with Crippen LogP contribution in [0.2, 0.25) is 5.02 Å². The maximum Gasteiger partial charge on any atom is 0.416 e. The molecule has 1 amide bonds. The highest BCUT2D eigenvalue weighted by atomic mass is 35.5. The van der Waals surface area contributed by atoms with E-state index in [4.69, 9.17) is 16.3 Å². The first-order valence-corrected chi connectivity index (χ1v) is 10.7. The first kappa shape index (κ1) is 21.4. The van der Waals surface area contributed by atoms with Crippen LogP contribution in [0, 0.1) is 5.92 Å². The minimum Gasteiger partial charge on any atom is -0.381 e. The van der Waals surface area contributed by atoms with Gasteiger partial charge in [-0.1, -0.05) is 11.6 Å². The average Bonchev–Trinajstić information content (AvgIpc) is 2.67. The highest BCUT2D eigenvalue weighted by Crippen LogP contribution is 2.34. The fraction of sp³-hybridized carbons (Fsp3) is 0.588. The summed E-state index contributed by atoms with van der Waals surface area (Å²) in [5.41, 5.74) is -1.08. The van der Waals surface area contributed by atoms with Crippen molar-refractivity contribution in [3.05, 3.63) is 28.8 Å². The van der Waals surface area contributed by atoms with Gasteiger partial charge in [0.1, 0.15) is 4.90 Å². The van der Waals surface area contributed by atoms with Crippen LogP contribution in [0.15, 0.2) is 23.1 Å². The summed E-state index contributed by atoms with van der Waals surface area (Å²) in [6.45, 7) is 1.43. The van der Waals surface area contributed by atoms with E-state index < -0.39 is 26.7 Å². The molecule has 156 valence electrons. The van der Waals surface area contributed by atoms with Crippen molar-refractivity contribution in [2.75, 3.05) is 39.4 Å². The number of rotatable bonds is 3. The first-order valence-electron chi connectivity index (χ1n) is 8.84. The number of nitrogens with zero attached hydrogens (tertiary/aromatic N) is 2. The highest BCUT2D eigenvalue weighted by molar-refractivity contribution is 7.89. The second-order valence-corrected chi connectivity index (χ2v) is 9.07. The van der Waals surface area contributed by atoms with Gasteiger partial charge in [0, 0.05) is 45.3 Å². The van der Waals surface area contributed by atoms with E-state index in [9.17, 15) is 26.4 Å². The van der Waals surface area contributed by atoms with E-state index in [0.717, 1.165) is 16.4 Å². The monoisotopic (exact) mass is 440 g/mol. The van der Waals surface area contributed by atoms with E-state index in [2.05, 4.69) is 0 Å². The predicted octanol–water partition coefficient (Wildman–Crippen LogP) is 2.62. The number of sulfonamides is 1. The number of amides is 1. The van der Waals surface area contributed by atoms with Crippen molar-refractivity contribution >= 4 is 27.5 Å². The second kappa shape index (κ2) is 8.17. The molecule has 6 nitrogen and oxygen atoms in total. The van der Waals surface area contributed by atoms with Gasteiger partial charge in [-0.25, -0.2) is 8.42 Å². The van der Waals surface area contributed by atoms with Crippen LogP contribution < -0.4 is 0 Å². The molecule has 0 bridgehead atoms. The van der Waals surface area contributed by atoms with Crippen LogP contribution >= 0.6 is 11.6 Å². The van der Waals surface area contributed by atoms with E-state index in [-0.39, 0.29) is 43.0 Å². The fourth-order valence-corrected chi connectivity index (χ4v) is 5.29. The SMILES string of the molecule is O=C(C1CCOCC1)N1CCN(S(=O)(=O)c2cc(C(F)(F)F)ccc2Cl)CC1. The Morgan fingerprint density at radius 1 is 1.11 bits per heavy atom. The van der Waals surface area contributed by atoms with Crippen molar-refractivity contribution in [2.45, 2.75) is 23.9 Å². The van der Waals surface area contributed by atoms with Gasteiger partial charge in [0.2, 0.25) is 15.9 Å². The third-order valence-corrected chi connectivity index (χ3v) is 7.38. The standard InChI is InChI=1S/C17H20ClF3N2O4S/c18-14-2-1-13(17(19,20)21)11-15(14)28(25,26)23-7-5-22(6-8-23)16(24)12-3-9-27-10-4-12/h1-2,11-12H,3-10H2. The van der Waals surface area contributed by atoms with Crippen molar-refractivity contribution in [3.8, 4) is 0 Å². The third-order valence-electron chi connectivity index (χ3n) is 5.00. The molecule has 11 heteroatoms. The van der Waals surface area contributed by atoms with E-state index >= 15 is 0 Å². The largest absolute Gasteiger partial charge is 0.416 e. The molecule has 0 aromatic heterocycles. The van der Waals surface area contributed by atoms with Crippen molar-refractivity contribution in [2.24, 2.45) is 5.92 Å². The maximum absolute atomic E-state index is 12.9. The van der Waals surface area contributed by atoms with Crippen LogP contribution in [-0.4, -0.2) is 62.9 Å². The Morgan fingerprint density at radius 2 is 1.71 bits per heavy atom. The Kier molecular flexibility index (Phi) is 6.23. The molecular weight excluding hydrogens is 421 g/mol. The summed E-state index contributed by atoms with van der Waals surface area (Å²) >= 11 is 5.88. The zero-order chi connectivity index (χ0) is 20.5. The fourth-order valence-electron chi connectivity index (χ4n) is 3.37. The number of carbonyl (C=O) groups excluding carboxylic acids is 1. The molecule has 2 fully saturated rings. The molecule has 3 rings (SSSR count). The molecule has 2 heterocycles. The summed E-state index contributed by atoms with van der Waals surface area (Å²) in [5.74, 6) is -0.160. The molecule has 0 saturated carbocycles. The summed E-state index contributed by atoms with van der Waals surface area (Å²) in [6, 6.07) is 2.23. The molecule has 0 aliphatic carbocycles. The number of carbonyl (C=O) groups is 1. The second-order valence-electron chi connectivity index (χ2n) is 6.76. The summed E-state index contributed by atoms with van der Waals surface area (Å²) in [7, 11) is -4.21. The van der Waals surface area contributed by atoms with Crippen LogP contribution in [0.1, 0.15) is 18.4 Å². The molecule has 0 atom stereocenters. The number of ether oxygens (including phenoxy) is 1. The van der Waals surface area contributed by atoms with E-state index in [0.29, 0.717) is 32.1 Å². The van der Waals surface area contributed by atoms with E-state index in [1.165, 1.54) is 0 Å². The molecule has 0 radical (unpaired) electrons. The molecule has 0 unspecified atom stereocenters. The number of halogens is 4. The quantitative estimate of drug-likeness (QED) is 0.724. The van der Waals surface area contributed by atoms with Crippen LogP contribution in [0.25, 0.3) is 0 Å². The van der Waals surface area contributed by atoms with Gasteiger partial charge in [-0.15, -0.1) is 0 Å². The molecule has 1 aromatic carbocycles. The van der Waals surface area contributed by atoms with Gasteiger partial charge in [-0.3, -0.25) is 4.79 Å². The lowest BCUT2D eigenvalue weighted by molar-refractivity contribution is -0.140. The molecule has 28 heavy (non-hydrogen) atoms. The molecule has 0 spiro atoms. The molecular formula is C17H20ClF3N2O4S. The minimum absolute atomic E-state index is 0.00384. The number of hydrogen-bond donors (Lipinski definition) is 0. The topological polar surface area (TPSA) is 66.9 Å². The van der Waals surface area contributed by atoms with Crippen molar-refractivity contribution in [3.63, 3.8) is 0 Å². The number of alkyl halides is 3. The molecule has 1 aromatic rings. The van der Waals surface area contributed by atoms with Crippen molar-refractivity contribution in [1.29, 1.82) is 0 Å². The number of hydrogen-bond acceptors (Lipinski definition) is 4. The van der Waals surface area contributed by atoms with Crippen LogP contribution in [0.5, 0.6) is 0 Å². The summed E-state index contributed by atoms with van der Waals surface area (Å²) < 4.78 is 70.8. The highest BCUT2D eigenvalue weighted by Gasteiger charge is 2.36. The zero-order valence-electron chi connectivity index (χ0n) is 14.9. The minimum atomic E-state index is -4.68. The zero-order valence-corrected chi connectivity index (χ0v) is 16.5. The Morgan fingerprint density at radius 3 is 2.29 bits per heavy atom. The van der Waals surface area contributed by atoms with Crippen LogP contribution in [0.4, 0.5) is 13.2 Å². The van der Waals surface area contributed by atoms with Gasteiger partial charge in [-0.2, -0.15) is 17.5 Å².